The Morgan fingerprint density at radius 2 is 2.00 bits per heavy atom. The Kier molecular flexibility index (Phi) is 2.97. The fourth-order valence-corrected chi connectivity index (χ4v) is 4.69. The Morgan fingerprint density at radius 3 is 2.87 bits per heavy atom. The summed E-state index contributed by atoms with van der Waals surface area (Å²) >= 11 is -2.26. The van der Waals surface area contributed by atoms with E-state index >= 15 is 0 Å². The normalized spacial score (nSPS) is 14.0. The molecule has 1 aliphatic heterocycles. The predicted octanol–water partition coefficient (Wildman–Crippen LogP) is 0.396. The summed E-state index contributed by atoms with van der Waals surface area (Å²) in [4.78, 5) is 4.26. The smallest absolute Gasteiger partial charge is 0 e. The molecular formula is C11H6AsIrNO-. The zero-order valence-corrected chi connectivity index (χ0v) is 11.9. The maximum Gasteiger partial charge on any atom is 0 e. The van der Waals surface area contributed by atoms with Crippen molar-refractivity contribution in [2.45, 2.75) is 0 Å². The van der Waals surface area contributed by atoms with Crippen molar-refractivity contribution in [1.29, 1.82) is 0 Å². The van der Waals surface area contributed by atoms with Gasteiger partial charge in [-0.1, -0.05) is 0 Å². The van der Waals surface area contributed by atoms with Crippen molar-refractivity contribution in [2.24, 2.45) is 0 Å². The van der Waals surface area contributed by atoms with E-state index in [9.17, 15) is 3.74 Å². The molecule has 0 N–H and O–H groups in total. The van der Waals surface area contributed by atoms with Gasteiger partial charge in [0.15, 0.2) is 0 Å². The van der Waals surface area contributed by atoms with Crippen LogP contribution >= 0.6 is 0 Å². The van der Waals surface area contributed by atoms with Gasteiger partial charge in [0.2, 0.25) is 0 Å². The second kappa shape index (κ2) is 4.09. The van der Waals surface area contributed by atoms with Gasteiger partial charge in [0.1, 0.15) is 0 Å². The second-order valence-corrected chi connectivity index (χ2v) is 6.35. The van der Waals surface area contributed by atoms with Crippen LogP contribution in [0.15, 0.2) is 36.5 Å². The predicted molar refractivity (Wildman–Crippen MR) is 54.2 cm³/mol. The Labute approximate surface area is 106 Å². The van der Waals surface area contributed by atoms with Crippen molar-refractivity contribution in [1.82, 2.24) is 4.98 Å². The molecule has 1 atom stereocenters. The summed E-state index contributed by atoms with van der Waals surface area (Å²) < 4.78 is 13.9. The van der Waals surface area contributed by atoms with Crippen molar-refractivity contribution in [3.63, 3.8) is 0 Å². The third-order valence-corrected chi connectivity index (χ3v) is 5.67. The second-order valence-electron chi connectivity index (χ2n) is 3.10. The summed E-state index contributed by atoms with van der Waals surface area (Å²) in [6.07, 6.45) is 1.73. The fourth-order valence-electron chi connectivity index (χ4n) is 1.67. The molecule has 1 unspecified atom stereocenters. The van der Waals surface area contributed by atoms with E-state index in [4.69, 9.17) is 0 Å². The molecule has 0 amide bonds. The van der Waals surface area contributed by atoms with Gasteiger partial charge in [-0.15, -0.1) is 0 Å². The van der Waals surface area contributed by atoms with E-state index in [1.807, 2.05) is 30.3 Å². The molecule has 2 nitrogen and oxygen atoms in total. The SMILES string of the molecule is O=[As]1c2ccc[c-]c2-c2ncccc21.[Ir]. The molecule has 0 bridgehead atoms. The Balaban J connectivity index is 0.000000853. The van der Waals surface area contributed by atoms with Crippen molar-refractivity contribution < 1.29 is 23.8 Å². The molecule has 1 aromatic heterocycles. The van der Waals surface area contributed by atoms with Crippen LogP contribution in [-0.2, 0) is 23.8 Å². The molecule has 3 rings (SSSR count). The summed E-state index contributed by atoms with van der Waals surface area (Å²) in [6.45, 7) is 0. The van der Waals surface area contributed by atoms with Crippen LogP contribution in [0.4, 0.5) is 0 Å². The summed E-state index contributed by atoms with van der Waals surface area (Å²) in [5, 5.41) is 0. The summed E-state index contributed by atoms with van der Waals surface area (Å²) in [7, 11) is 0. The zero-order chi connectivity index (χ0) is 9.54. The maximum absolute atomic E-state index is 12.1. The molecule has 0 aliphatic carbocycles. The average molecular weight is 435 g/mol. The summed E-state index contributed by atoms with van der Waals surface area (Å²) in [5.41, 5.74) is 1.79. The van der Waals surface area contributed by atoms with E-state index < -0.39 is 14.6 Å². The number of pyridine rings is 1. The monoisotopic (exact) mass is 436 g/mol. The van der Waals surface area contributed by atoms with Crippen LogP contribution < -0.4 is 8.70 Å². The molecule has 1 aliphatic rings. The molecule has 2 heterocycles. The number of fused-ring (bicyclic) bond motifs is 3. The average Bonchev–Trinajstić information content (AvgIpc) is 2.55. The van der Waals surface area contributed by atoms with Gasteiger partial charge < -0.3 is 0 Å². The molecule has 0 fully saturated rings. The quantitative estimate of drug-likeness (QED) is 0.378. The largest absolute Gasteiger partial charge is 0 e. The van der Waals surface area contributed by atoms with Crippen LogP contribution in [0.2, 0.25) is 0 Å². The van der Waals surface area contributed by atoms with E-state index in [1.165, 1.54) is 0 Å². The first-order chi connectivity index (χ1) is 6.88. The number of nitrogens with zero attached hydrogens (tertiary/aromatic N) is 1. The first kappa shape index (κ1) is 10.9. The summed E-state index contributed by atoms with van der Waals surface area (Å²) in [6, 6.07) is 12.5. The van der Waals surface area contributed by atoms with Gasteiger partial charge in [0.25, 0.3) is 0 Å². The molecule has 1 aromatic carbocycles. The minimum atomic E-state index is -2.26. The topological polar surface area (TPSA) is 30.0 Å². The summed E-state index contributed by atoms with van der Waals surface area (Å²) in [5.74, 6) is 0. The van der Waals surface area contributed by atoms with Crippen LogP contribution in [0.25, 0.3) is 11.3 Å². The molecular weight excluding hydrogens is 429 g/mol. The van der Waals surface area contributed by atoms with E-state index in [2.05, 4.69) is 11.1 Å². The fraction of sp³-hybridized carbons (Fsp3) is 0. The Bertz CT molecular complexity index is 494. The van der Waals surface area contributed by atoms with Crippen LogP contribution in [0, 0.1) is 6.07 Å². The molecule has 0 saturated carbocycles. The number of hydrogen-bond donors (Lipinski definition) is 0. The van der Waals surface area contributed by atoms with Crippen molar-refractivity contribution in [3.05, 3.63) is 42.6 Å². The van der Waals surface area contributed by atoms with Gasteiger partial charge in [0, 0.05) is 20.1 Å². The first-order valence-electron chi connectivity index (χ1n) is 4.31. The van der Waals surface area contributed by atoms with Crippen molar-refractivity contribution >= 4 is 23.3 Å². The van der Waals surface area contributed by atoms with Gasteiger partial charge in [0.05, 0.1) is 0 Å². The molecule has 4 heteroatoms. The maximum atomic E-state index is 12.1. The van der Waals surface area contributed by atoms with E-state index in [1.54, 1.807) is 6.20 Å². The third-order valence-electron chi connectivity index (χ3n) is 2.29. The third kappa shape index (κ3) is 1.55. The molecule has 76 valence electrons. The van der Waals surface area contributed by atoms with E-state index in [-0.39, 0.29) is 20.1 Å². The van der Waals surface area contributed by atoms with Gasteiger partial charge in [-0.05, 0) is 0 Å². The van der Waals surface area contributed by atoms with E-state index in [0.717, 1.165) is 20.0 Å². The first-order valence-corrected chi connectivity index (χ1v) is 6.95. The van der Waals surface area contributed by atoms with Gasteiger partial charge >= 0.3 is 85.9 Å². The molecule has 2 aromatic rings. The number of benzene rings is 1. The van der Waals surface area contributed by atoms with Crippen molar-refractivity contribution in [3.8, 4) is 11.3 Å². The Morgan fingerprint density at radius 1 is 1.20 bits per heavy atom. The van der Waals surface area contributed by atoms with Crippen LogP contribution in [-0.4, -0.2) is 19.6 Å². The Hall–Kier alpha value is -0.622. The number of hydrogen-bond acceptors (Lipinski definition) is 2. The van der Waals surface area contributed by atoms with Crippen LogP contribution in [0.3, 0.4) is 0 Å². The molecule has 0 saturated heterocycles. The van der Waals surface area contributed by atoms with Gasteiger partial charge in [-0.25, -0.2) is 0 Å². The van der Waals surface area contributed by atoms with Gasteiger partial charge in [-0.3, -0.25) is 0 Å². The minimum Gasteiger partial charge on any atom is 0 e. The van der Waals surface area contributed by atoms with Crippen LogP contribution in [0.5, 0.6) is 0 Å². The zero-order valence-electron chi connectivity index (χ0n) is 7.60. The molecule has 2 radical (unpaired) electrons. The van der Waals surface area contributed by atoms with Crippen LogP contribution in [0.1, 0.15) is 0 Å². The van der Waals surface area contributed by atoms with Crippen molar-refractivity contribution in [2.75, 3.05) is 0 Å². The molecule has 0 spiro atoms. The molecule has 15 heavy (non-hydrogen) atoms. The number of rotatable bonds is 0. The standard InChI is InChI=1S/C11H6AsNO.Ir/c14-12-9-5-2-1-4-8(9)11-10(12)6-3-7-13-11;/h1-3,5-7H;/q-1;. The van der Waals surface area contributed by atoms with E-state index in [0.29, 0.717) is 0 Å². The minimum absolute atomic E-state index is 0. The van der Waals surface area contributed by atoms with Gasteiger partial charge in [-0.2, -0.15) is 0 Å². The number of aromatic nitrogens is 1.